The SMILES string of the molecule is CCCOc1ccc(C(O)C2(C#N)CCCC(C)C2)cc1. The van der Waals surface area contributed by atoms with E-state index in [-0.39, 0.29) is 0 Å². The van der Waals surface area contributed by atoms with Crippen LogP contribution in [0, 0.1) is 22.7 Å². The van der Waals surface area contributed by atoms with Gasteiger partial charge in [0.15, 0.2) is 0 Å². The van der Waals surface area contributed by atoms with Gasteiger partial charge in [0.1, 0.15) is 5.75 Å². The fourth-order valence-corrected chi connectivity index (χ4v) is 3.29. The van der Waals surface area contributed by atoms with Gasteiger partial charge in [-0.2, -0.15) is 5.26 Å². The highest BCUT2D eigenvalue weighted by molar-refractivity contribution is 5.31. The molecule has 0 radical (unpaired) electrons. The molecule has 3 atom stereocenters. The number of hydrogen-bond donors (Lipinski definition) is 1. The molecule has 3 nitrogen and oxygen atoms in total. The number of hydrogen-bond acceptors (Lipinski definition) is 3. The normalized spacial score (nSPS) is 26.9. The van der Waals surface area contributed by atoms with E-state index in [0.29, 0.717) is 12.5 Å². The molecule has 2 rings (SSSR count). The van der Waals surface area contributed by atoms with Crippen molar-refractivity contribution in [1.82, 2.24) is 0 Å². The van der Waals surface area contributed by atoms with E-state index in [1.165, 1.54) is 0 Å². The second kappa shape index (κ2) is 6.95. The fourth-order valence-electron chi connectivity index (χ4n) is 3.29. The fraction of sp³-hybridized carbons (Fsp3) is 0.611. The van der Waals surface area contributed by atoms with Crippen LogP contribution in [0.15, 0.2) is 24.3 Å². The molecule has 1 aliphatic rings. The lowest BCUT2D eigenvalue weighted by Gasteiger charge is -2.38. The summed E-state index contributed by atoms with van der Waals surface area (Å²) in [5.41, 5.74) is 0.179. The van der Waals surface area contributed by atoms with Crippen LogP contribution in [0.1, 0.15) is 57.6 Å². The van der Waals surface area contributed by atoms with E-state index >= 15 is 0 Å². The van der Waals surface area contributed by atoms with Crippen molar-refractivity contribution in [1.29, 1.82) is 5.26 Å². The summed E-state index contributed by atoms with van der Waals surface area (Å²) in [6, 6.07) is 9.94. The molecule has 3 heteroatoms. The molecule has 3 unspecified atom stereocenters. The van der Waals surface area contributed by atoms with Gasteiger partial charge in [-0.25, -0.2) is 0 Å². The highest BCUT2D eigenvalue weighted by Gasteiger charge is 2.42. The van der Waals surface area contributed by atoms with Crippen LogP contribution >= 0.6 is 0 Å². The van der Waals surface area contributed by atoms with Crippen LogP contribution in [0.25, 0.3) is 0 Å². The van der Waals surface area contributed by atoms with E-state index in [9.17, 15) is 10.4 Å². The molecule has 1 aromatic carbocycles. The zero-order chi connectivity index (χ0) is 15.3. The third-order valence-electron chi connectivity index (χ3n) is 4.45. The molecule has 1 N–H and O–H groups in total. The van der Waals surface area contributed by atoms with Crippen molar-refractivity contribution >= 4 is 0 Å². The average molecular weight is 287 g/mol. The minimum absolute atomic E-state index is 0.500. The molecule has 1 saturated carbocycles. The van der Waals surface area contributed by atoms with Crippen molar-refractivity contribution < 1.29 is 9.84 Å². The second-order valence-corrected chi connectivity index (χ2v) is 6.29. The maximum Gasteiger partial charge on any atom is 0.119 e. The van der Waals surface area contributed by atoms with Crippen LogP contribution in [0.5, 0.6) is 5.75 Å². The average Bonchev–Trinajstić information content (AvgIpc) is 2.52. The van der Waals surface area contributed by atoms with Gasteiger partial charge in [0, 0.05) is 0 Å². The van der Waals surface area contributed by atoms with Gasteiger partial charge in [0.2, 0.25) is 0 Å². The predicted molar refractivity (Wildman–Crippen MR) is 82.9 cm³/mol. The zero-order valence-electron chi connectivity index (χ0n) is 13.0. The molecule has 0 aliphatic heterocycles. The van der Waals surface area contributed by atoms with Crippen LogP contribution in [-0.2, 0) is 0 Å². The lowest BCUT2D eigenvalue weighted by Crippen LogP contribution is -2.32. The van der Waals surface area contributed by atoms with Gasteiger partial charge in [-0.3, -0.25) is 0 Å². The van der Waals surface area contributed by atoms with E-state index < -0.39 is 11.5 Å². The summed E-state index contributed by atoms with van der Waals surface area (Å²) in [7, 11) is 0. The molecule has 1 aromatic rings. The van der Waals surface area contributed by atoms with Gasteiger partial charge in [-0.05, 0) is 42.9 Å². The zero-order valence-corrected chi connectivity index (χ0v) is 13.0. The number of benzene rings is 1. The number of rotatable bonds is 5. The Morgan fingerprint density at radius 2 is 2.14 bits per heavy atom. The summed E-state index contributed by atoms with van der Waals surface area (Å²) in [6.07, 6.45) is 3.98. The van der Waals surface area contributed by atoms with E-state index in [0.717, 1.165) is 43.4 Å². The molecule has 0 spiro atoms. The summed E-state index contributed by atoms with van der Waals surface area (Å²) >= 11 is 0. The standard InChI is InChI=1S/C18H25NO2/c1-3-11-21-16-8-6-15(7-9-16)17(20)18(13-19)10-4-5-14(2)12-18/h6-9,14,17,20H,3-5,10-12H2,1-2H3. The van der Waals surface area contributed by atoms with Gasteiger partial charge in [-0.1, -0.05) is 38.8 Å². The summed E-state index contributed by atoms with van der Waals surface area (Å²) < 4.78 is 5.56. The molecule has 114 valence electrons. The topological polar surface area (TPSA) is 53.2 Å². The number of nitriles is 1. The molecule has 0 bridgehead atoms. The van der Waals surface area contributed by atoms with Crippen molar-refractivity contribution in [2.24, 2.45) is 11.3 Å². The lowest BCUT2D eigenvalue weighted by atomic mass is 9.66. The van der Waals surface area contributed by atoms with Gasteiger partial charge in [0.25, 0.3) is 0 Å². The summed E-state index contributed by atoms with van der Waals surface area (Å²) in [5, 5.41) is 20.3. The Kier molecular flexibility index (Phi) is 5.25. The van der Waals surface area contributed by atoms with Crippen molar-refractivity contribution in [3.05, 3.63) is 29.8 Å². The maximum atomic E-state index is 10.7. The molecule has 0 amide bonds. The Balaban J connectivity index is 2.14. The predicted octanol–water partition coefficient (Wildman–Crippen LogP) is 4.23. The Hall–Kier alpha value is -1.53. The second-order valence-electron chi connectivity index (χ2n) is 6.29. The Bertz CT molecular complexity index is 491. The first-order valence-corrected chi connectivity index (χ1v) is 7.93. The molecular formula is C18H25NO2. The molecule has 0 saturated heterocycles. The third kappa shape index (κ3) is 3.57. The monoisotopic (exact) mass is 287 g/mol. The van der Waals surface area contributed by atoms with Crippen LogP contribution in [0.4, 0.5) is 0 Å². The summed E-state index contributed by atoms with van der Waals surface area (Å²) in [6.45, 7) is 4.93. The first-order valence-electron chi connectivity index (χ1n) is 7.93. The number of ether oxygens (including phenoxy) is 1. The van der Waals surface area contributed by atoms with Crippen LogP contribution in [-0.4, -0.2) is 11.7 Å². The largest absolute Gasteiger partial charge is 0.494 e. The minimum Gasteiger partial charge on any atom is -0.494 e. The third-order valence-corrected chi connectivity index (χ3v) is 4.45. The molecule has 0 aromatic heterocycles. The highest BCUT2D eigenvalue weighted by atomic mass is 16.5. The number of aliphatic hydroxyl groups excluding tert-OH is 1. The van der Waals surface area contributed by atoms with Gasteiger partial charge in [0.05, 0.1) is 24.2 Å². The van der Waals surface area contributed by atoms with E-state index in [1.54, 1.807) is 0 Å². The molecule has 1 fully saturated rings. The Labute approximate surface area is 127 Å². The summed E-state index contributed by atoms with van der Waals surface area (Å²) in [5.74, 6) is 1.32. The quantitative estimate of drug-likeness (QED) is 0.881. The van der Waals surface area contributed by atoms with Crippen molar-refractivity contribution in [3.8, 4) is 11.8 Å². The van der Waals surface area contributed by atoms with E-state index in [4.69, 9.17) is 4.74 Å². The maximum absolute atomic E-state index is 10.7. The Morgan fingerprint density at radius 1 is 1.43 bits per heavy atom. The van der Waals surface area contributed by atoms with Gasteiger partial charge >= 0.3 is 0 Å². The first kappa shape index (κ1) is 15.9. The first-order chi connectivity index (χ1) is 10.1. The Morgan fingerprint density at radius 3 is 2.71 bits per heavy atom. The van der Waals surface area contributed by atoms with Crippen LogP contribution in [0.3, 0.4) is 0 Å². The molecule has 21 heavy (non-hydrogen) atoms. The van der Waals surface area contributed by atoms with Crippen LogP contribution < -0.4 is 4.74 Å². The van der Waals surface area contributed by atoms with Crippen molar-refractivity contribution in [2.75, 3.05) is 6.61 Å². The van der Waals surface area contributed by atoms with Crippen molar-refractivity contribution in [2.45, 2.75) is 52.1 Å². The van der Waals surface area contributed by atoms with Gasteiger partial charge < -0.3 is 9.84 Å². The number of aliphatic hydroxyl groups is 1. The molecular weight excluding hydrogens is 262 g/mol. The smallest absolute Gasteiger partial charge is 0.119 e. The van der Waals surface area contributed by atoms with Crippen LogP contribution in [0.2, 0.25) is 0 Å². The van der Waals surface area contributed by atoms with Gasteiger partial charge in [-0.15, -0.1) is 0 Å². The minimum atomic E-state index is -0.717. The molecule has 0 heterocycles. The van der Waals surface area contributed by atoms with Crippen molar-refractivity contribution in [3.63, 3.8) is 0 Å². The number of nitrogens with zero attached hydrogens (tertiary/aromatic N) is 1. The molecule has 1 aliphatic carbocycles. The van der Waals surface area contributed by atoms with E-state index in [2.05, 4.69) is 19.9 Å². The summed E-state index contributed by atoms with van der Waals surface area (Å²) in [4.78, 5) is 0. The lowest BCUT2D eigenvalue weighted by molar-refractivity contribution is 0.0219. The highest BCUT2D eigenvalue weighted by Crippen LogP contribution is 2.47. The van der Waals surface area contributed by atoms with E-state index in [1.807, 2.05) is 24.3 Å².